The van der Waals surface area contributed by atoms with E-state index >= 15 is 0 Å². The predicted molar refractivity (Wildman–Crippen MR) is 113 cm³/mol. The van der Waals surface area contributed by atoms with Crippen molar-refractivity contribution in [3.63, 3.8) is 0 Å². The predicted octanol–water partition coefficient (Wildman–Crippen LogP) is 4.58. The van der Waals surface area contributed by atoms with E-state index in [0.717, 1.165) is 31.6 Å². The van der Waals surface area contributed by atoms with Crippen LogP contribution in [0.25, 0.3) is 0 Å². The maximum absolute atomic E-state index is 13.5. The molecule has 0 atom stereocenters. The number of rotatable bonds is 5. The lowest BCUT2D eigenvalue weighted by atomic mass is 9.70. The maximum atomic E-state index is 13.5. The van der Waals surface area contributed by atoms with E-state index in [-0.39, 0.29) is 16.7 Å². The Morgan fingerprint density at radius 3 is 2.11 bits per heavy atom. The number of nitrogens with one attached hydrogen (secondary N) is 2. The molecule has 1 saturated carbocycles. The molecule has 2 N–H and O–H groups in total. The van der Waals surface area contributed by atoms with Crippen molar-refractivity contribution in [2.75, 3.05) is 7.05 Å². The van der Waals surface area contributed by atoms with Crippen molar-refractivity contribution in [1.82, 2.24) is 15.5 Å². The van der Waals surface area contributed by atoms with Gasteiger partial charge in [0.25, 0.3) is 0 Å². The molecule has 1 aliphatic carbocycles. The fourth-order valence-corrected chi connectivity index (χ4v) is 6.68. The lowest BCUT2D eigenvalue weighted by Gasteiger charge is -2.51. The molecule has 156 valence electrons. The van der Waals surface area contributed by atoms with Crippen molar-refractivity contribution in [1.29, 1.82) is 0 Å². The molecule has 1 amide bonds. The average Bonchev–Trinajstić information content (AvgIpc) is 2.72. The highest BCUT2D eigenvalue weighted by Gasteiger charge is 2.62. The third-order valence-electron chi connectivity index (χ3n) is 7.39. The van der Waals surface area contributed by atoms with Crippen LogP contribution in [0.5, 0.6) is 0 Å². The standard InChI is InChI=1S/C23H43N3O/c1-7-8-9-10-11-18-12-14-23(15-13-18)25-22(19(27)26(23)6)16-20(2,3)24-21(4,5)17-22/h18,24-25H,7-17H2,1-6H3. The molecule has 2 heterocycles. The van der Waals surface area contributed by atoms with Gasteiger partial charge in [-0.15, -0.1) is 0 Å². The van der Waals surface area contributed by atoms with E-state index in [1.165, 1.54) is 44.9 Å². The molecule has 3 aliphatic rings. The zero-order valence-electron chi connectivity index (χ0n) is 18.7. The molecule has 0 unspecified atom stereocenters. The Morgan fingerprint density at radius 2 is 1.56 bits per heavy atom. The van der Waals surface area contributed by atoms with Crippen LogP contribution in [0.1, 0.15) is 105 Å². The van der Waals surface area contributed by atoms with E-state index in [0.29, 0.717) is 5.91 Å². The smallest absolute Gasteiger partial charge is 0.244 e. The summed E-state index contributed by atoms with van der Waals surface area (Å²) in [4.78, 5) is 15.6. The highest BCUT2D eigenvalue weighted by molar-refractivity contribution is 5.90. The van der Waals surface area contributed by atoms with Crippen LogP contribution in [-0.4, -0.2) is 40.1 Å². The van der Waals surface area contributed by atoms with Crippen LogP contribution in [0.3, 0.4) is 0 Å². The van der Waals surface area contributed by atoms with Gasteiger partial charge in [0.2, 0.25) is 5.91 Å². The molecule has 2 spiro atoms. The van der Waals surface area contributed by atoms with Gasteiger partial charge < -0.3 is 10.2 Å². The number of piperidine rings is 1. The summed E-state index contributed by atoms with van der Waals surface area (Å²) >= 11 is 0. The lowest BCUT2D eigenvalue weighted by Crippen LogP contribution is -2.69. The largest absolute Gasteiger partial charge is 0.326 e. The summed E-state index contributed by atoms with van der Waals surface area (Å²) in [6.45, 7) is 11.2. The van der Waals surface area contributed by atoms with Gasteiger partial charge in [-0.2, -0.15) is 0 Å². The Hall–Kier alpha value is -0.610. The zero-order chi connectivity index (χ0) is 19.9. The van der Waals surface area contributed by atoms with Crippen LogP contribution in [0.2, 0.25) is 0 Å². The third-order valence-corrected chi connectivity index (χ3v) is 7.39. The van der Waals surface area contributed by atoms with Gasteiger partial charge in [0, 0.05) is 18.1 Å². The highest BCUT2D eigenvalue weighted by atomic mass is 16.2. The SMILES string of the molecule is CCCCCCC1CCC2(CC1)NC1(CC(C)(C)NC(C)(C)C1)C(=O)N2C. The Kier molecular flexibility index (Phi) is 5.73. The molecule has 0 radical (unpaired) electrons. The van der Waals surface area contributed by atoms with Crippen LogP contribution in [0, 0.1) is 5.92 Å². The van der Waals surface area contributed by atoms with Gasteiger partial charge in [0.1, 0.15) is 5.54 Å². The summed E-state index contributed by atoms with van der Waals surface area (Å²) in [6, 6.07) is 0. The van der Waals surface area contributed by atoms with Crippen LogP contribution in [0.4, 0.5) is 0 Å². The Labute approximate surface area is 167 Å². The monoisotopic (exact) mass is 377 g/mol. The lowest BCUT2D eigenvalue weighted by molar-refractivity contribution is -0.136. The first-order valence-corrected chi connectivity index (χ1v) is 11.4. The van der Waals surface area contributed by atoms with E-state index in [1.54, 1.807) is 0 Å². The van der Waals surface area contributed by atoms with Crippen molar-refractivity contribution in [3.05, 3.63) is 0 Å². The fraction of sp³-hybridized carbons (Fsp3) is 0.957. The number of nitrogens with zero attached hydrogens (tertiary/aromatic N) is 1. The molecule has 2 saturated heterocycles. The van der Waals surface area contributed by atoms with Crippen molar-refractivity contribution in [2.24, 2.45) is 5.92 Å². The van der Waals surface area contributed by atoms with Crippen molar-refractivity contribution in [2.45, 2.75) is 128 Å². The summed E-state index contributed by atoms with van der Waals surface area (Å²) in [5, 5.41) is 7.71. The molecule has 3 rings (SSSR count). The fourth-order valence-electron chi connectivity index (χ4n) is 6.68. The van der Waals surface area contributed by atoms with E-state index in [1.807, 2.05) is 7.05 Å². The summed E-state index contributed by atoms with van der Waals surface area (Å²) < 4.78 is 0. The molecule has 0 aromatic carbocycles. The minimum Gasteiger partial charge on any atom is -0.326 e. The first-order valence-electron chi connectivity index (χ1n) is 11.4. The van der Waals surface area contributed by atoms with E-state index in [9.17, 15) is 4.79 Å². The van der Waals surface area contributed by atoms with Gasteiger partial charge in [-0.05, 0) is 72.1 Å². The molecule has 4 nitrogen and oxygen atoms in total. The van der Waals surface area contributed by atoms with Gasteiger partial charge in [-0.3, -0.25) is 10.1 Å². The van der Waals surface area contributed by atoms with Crippen molar-refractivity contribution in [3.8, 4) is 0 Å². The second kappa shape index (κ2) is 7.33. The van der Waals surface area contributed by atoms with E-state index < -0.39 is 5.54 Å². The zero-order valence-corrected chi connectivity index (χ0v) is 18.7. The number of carbonyl (C=O) groups excluding carboxylic acids is 1. The normalized spacial score (nSPS) is 34.5. The summed E-state index contributed by atoms with van der Waals surface area (Å²) in [5.74, 6) is 1.18. The molecule has 0 aromatic rings. The van der Waals surface area contributed by atoms with E-state index in [4.69, 9.17) is 0 Å². The quantitative estimate of drug-likeness (QED) is 0.689. The van der Waals surface area contributed by atoms with Crippen LogP contribution >= 0.6 is 0 Å². The second-order valence-electron chi connectivity index (χ2n) is 11.1. The number of hydrogen-bond donors (Lipinski definition) is 2. The number of unbranched alkanes of at least 4 members (excludes halogenated alkanes) is 3. The van der Waals surface area contributed by atoms with Gasteiger partial charge in [-0.25, -0.2) is 0 Å². The van der Waals surface area contributed by atoms with Crippen LogP contribution in [-0.2, 0) is 4.79 Å². The van der Waals surface area contributed by atoms with Gasteiger partial charge in [0.15, 0.2) is 0 Å². The molecular weight excluding hydrogens is 334 g/mol. The number of amides is 1. The first kappa shape index (κ1) is 21.1. The number of hydrogen-bond acceptors (Lipinski definition) is 3. The molecule has 0 bridgehead atoms. The van der Waals surface area contributed by atoms with Gasteiger partial charge in [0.05, 0.1) is 5.66 Å². The summed E-state index contributed by atoms with van der Waals surface area (Å²) in [6.07, 6.45) is 13.3. The first-order chi connectivity index (χ1) is 12.5. The number of carbonyl (C=O) groups is 1. The minimum absolute atomic E-state index is 0.0345. The third kappa shape index (κ3) is 4.22. The van der Waals surface area contributed by atoms with Gasteiger partial charge in [-0.1, -0.05) is 39.0 Å². The Bertz CT molecular complexity index is 530. The van der Waals surface area contributed by atoms with Crippen LogP contribution in [0.15, 0.2) is 0 Å². The maximum Gasteiger partial charge on any atom is 0.244 e. The van der Waals surface area contributed by atoms with Crippen LogP contribution < -0.4 is 10.6 Å². The summed E-state index contributed by atoms with van der Waals surface area (Å²) in [7, 11) is 2.05. The van der Waals surface area contributed by atoms with Crippen molar-refractivity contribution >= 4 is 5.91 Å². The molecule has 2 aliphatic heterocycles. The highest BCUT2D eigenvalue weighted by Crippen LogP contribution is 2.47. The van der Waals surface area contributed by atoms with Crippen molar-refractivity contribution < 1.29 is 4.79 Å². The Morgan fingerprint density at radius 1 is 0.963 bits per heavy atom. The van der Waals surface area contributed by atoms with E-state index in [2.05, 4.69) is 50.2 Å². The molecular formula is C23H43N3O. The molecule has 4 heteroatoms. The molecule has 3 fully saturated rings. The molecule has 27 heavy (non-hydrogen) atoms. The minimum atomic E-state index is -0.402. The number of likely N-dealkylation sites (N-methyl/N-ethyl adjacent to an activating group) is 1. The topological polar surface area (TPSA) is 44.4 Å². The Balaban J connectivity index is 1.68. The summed E-state index contributed by atoms with van der Waals surface area (Å²) in [5.41, 5.74) is -0.581. The average molecular weight is 378 g/mol. The molecule has 0 aromatic heterocycles. The van der Waals surface area contributed by atoms with Gasteiger partial charge >= 0.3 is 0 Å². The second-order valence-corrected chi connectivity index (χ2v) is 11.1.